The molecule has 3 rings (SSSR count). The molecular weight excluding hydrogens is 244 g/mol. The molecule has 3 heteroatoms. The smallest absolute Gasteiger partial charge is 0.304 e. The Hall–Kier alpha value is -1.61. The van der Waals surface area contributed by atoms with Gasteiger partial charge in [0.1, 0.15) is 11.5 Å². The zero-order valence-corrected chi connectivity index (χ0v) is 11.0. The van der Waals surface area contributed by atoms with Crippen LogP contribution in [0.15, 0.2) is 49.1 Å². The van der Waals surface area contributed by atoms with Gasteiger partial charge >= 0.3 is 5.12 Å². The monoisotopic (exact) mass is 258 g/mol. The van der Waals surface area contributed by atoms with Gasteiger partial charge in [0.05, 0.1) is 11.8 Å². The van der Waals surface area contributed by atoms with Gasteiger partial charge in [0.15, 0.2) is 0 Å². The van der Waals surface area contributed by atoms with Gasteiger partial charge in [-0.3, -0.25) is 0 Å². The van der Waals surface area contributed by atoms with E-state index < -0.39 is 5.12 Å². The van der Waals surface area contributed by atoms with Crippen molar-refractivity contribution in [2.45, 2.75) is 11.5 Å². The highest BCUT2D eigenvalue weighted by molar-refractivity contribution is 7.99. The third-order valence-corrected chi connectivity index (χ3v) is 4.02. The first-order chi connectivity index (χ1) is 8.78. The molecule has 0 aliphatic carbocycles. The topological polar surface area (TPSA) is 18.5 Å². The molecule has 0 amide bonds. The maximum Gasteiger partial charge on any atom is 0.304 e. The van der Waals surface area contributed by atoms with Crippen LogP contribution in [0.3, 0.4) is 0 Å². The summed E-state index contributed by atoms with van der Waals surface area (Å²) >= 11 is 1.55. The molecule has 2 aromatic rings. The molecule has 2 nitrogen and oxygen atoms in total. The Balaban J connectivity index is 2.18. The average molecular weight is 258 g/mol. The summed E-state index contributed by atoms with van der Waals surface area (Å²) in [4.78, 5) is 0. The minimum Gasteiger partial charge on any atom is -0.442 e. The molecule has 92 valence electrons. The van der Waals surface area contributed by atoms with Crippen LogP contribution in [0.5, 0.6) is 11.5 Å². The fourth-order valence-corrected chi connectivity index (χ4v) is 2.86. The lowest BCUT2D eigenvalue weighted by molar-refractivity contribution is -0.0318. The fraction of sp³-hybridized carbons (Fsp3) is 0.200. The Kier molecular flexibility index (Phi) is 2.71. The second-order valence-electron chi connectivity index (χ2n) is 4.19. The first-order valence-corrected chi connectivity index (χ1v) is 7.06. The van der Waals surface area contributed by atoms with Gasteiger partial charge in [-0.25, -0.2) is 0 Å². The van der Waals surface area contributed by atoms with Crippen LogP contribution in [0.25, 0.3) is 10.8 Å². The highest BCUT2D eigenvalue weighted by Gasteiger charge is 2.37. The van der Waals surface area contributed by atoms with E-state index in [0.29, 0.717) is 6.42 Å². The minimum absolute atomic E-state index is 0.638. The van der Waals surface area contributed by atoms with E-state index in [1.165, 1.54) is 0 Å². The van der Waals surface area contributed by atoms with Crippen LogP contribution in [0.1, 0.15) is 6.42 Å². The van der Waals surface area contributed by atoms with Gasteiger partial charge in [-0.1, -0.05) is 42.1 Å². The summed E-state index contributed by atoms with van der Waals surface area (Å²) in [5.41, 5.74) is 0. The highest BCUT2D eigenvalue weighted by atomic mass is 32.2. The molecular formula is C15H14O2S. The van der Waals surface area contributed by atoms with Crippen molar-refractivity contribution in [3.8, 4) is 11.5 Å². The van der Waals surface area contributed by atoms with Gasteiger partial charge in [-0.15, -0.1) is 6.58 Å². The molecule has 0 fully saturated rings. The summed E-state index contributed by atoms with van der Waals surface area (Å²) in [7, 11) is 0. The summed E-state index contributed by atoms with van der Waals surface area (Å²) in [6, 6.07) is 12.1. The summed E-state index contributed by atoms with van der Waals surface area (Å²) in [5.74, 6) is 1.76. The Bertz CT molecular complexity index is 566. The van der Waals surface area contributed by atoms with Crippen molar-refractivity contribution < 1.29 is 9.47 Å². The first kappa shape index (κ1) is 11.5. The van der Waals surface area contributed by atoms with Crippen LogP contribution < -0.4 is 9.47 Å². The largest absolute Gasteiger partial charge is 0.442 e. The van der Waals surface area contributed by atoms with Crippen molar-refractivity contribution in [1.29, 1.82) is 0 Å². The quantitative estimate of drug-likeness (QED) is 0.769. The minimum atomic E-state index is -0.690. The molecule has 0 aromatic heterocycles. The molecule has 0 bridgehead atoms. The van der Waals surface area contributed by atoms with Gasteiger partial charge in [-0.2, -0.15) is 0 Å². The van der Waals surface area contributed by atoms with Crippen molar-refractivity contribution >= 4 is 22.5 Å². The fourth-order valence-electron chi connectivity index (χ4n) is 2.23. The number of thioether (sulfide) groups is 1. The van der Waals surface area contributed by atoms with E-state index in [0.717, 1.165) is 22.3 Å². The zero-order chi connectivity index (χ0) is 12.6. The van der Waals surface area contributed by atoms with Gasteiger partial charge in [-0.05, 0) is 23.8 Å². The number of hydrogen-bond donors (Lipinski definition) is 0. The van der Waals surface area contributed by atoms with Crippen LogP contribution in [0.4, 0.5) is 0 Å². The standard InChI is InChI=1S/C15H14O2S/c1-3-10-15(18-2)16-12-8-4-6-11-7-5-9-13(17-15)14(11)12/h3-9H,1,10H2,2H3. The van der Waals surface area contributed by atoms with Crippen molar-refractivity contribution in [3.05, 3.63) is 49.1 Å². The van der Waals surface area contributed by atoms with Crippen molar-refractivity contribution in [2.75, 3.05) is 6.26 Å². The van der Waals surface area contributed by atoms with Crippen LogP contribution >= 0.6 is 11.8 Å². The molecule has 1 aliphatic heterocycles. The van der Waals surface area contributed by atoms with Gasteiger partial charge in [0.25, 0.3) is 0 Å². The average Bonchev–Trinajstić information content (AvgIpc) is 2.39. The summed E-state index contributed by atoms with van der Waals surface area (Å²) in [5, 5.41) is 1.50. The SMILES string of the molecule is C=CCC1(SC)Oc2cccc3cccc(c23)O1. The number of hydrogen-bond acceptors (Lipinski definition) is 3. The van der Waals surface area contributed by atoms with E-state index in [4.69, 9.17) is 9.47 Å². The third-order valence-electron chi connectivity index (χ3n) is 3.06. The molecule has 0 atom stereocenters. The maximum absolute atomic E-state index is 6.05. The van der Waals surface area contributed by atoms with Crippen LogP contribution in [0, 0.1) is 0 Å². The lowest BCUT2D eigenvalue weighted by atomic mass is 10.1. The number of benzene rings is 2. The second-order valence-corrected chi connectivity index (χ2v) is 5.22. The zero-order valence-electron chi connectivity index (χ0n) is 10.2. The predicted molar refractivity (Wildman–Crippen MR) is 76.3 cm³/mol. The molecule has 0 spiro atoms. The molecule has 0 saturated heterocycles. The Morgan fingerprint density at radius 2 is 1.78 bits per heavy atom. The first-order valence-electron chi connectivity index (χ1n) is 5.84. The number of rotatable bonds is 3. The molecule has 0 radical (unpaired) electrons. The Morgan fingerprint density at radius 3 is 2.28 bits per heavy atom. The van der Waals surface area contributed by atoms with E-state index in [-0.39, 0.29) is 0 Å². The molecule has 18 heavy (non-hydrogen) atoms. The summed E-state index contributed by atoms with van der Waals surface area (Å²) in [6.07, 6.45) is 4.45. The summed E-state index contributed by atoms with van der Waals surface area (Å²) < 4.78 is 12.1. The Labute approximate surface area is 111 Å². The molecule has 0 N–H and O–H groups in total. The normalized spacial score (nSPS) is 15.8. The van der Waals surface area contributed by atoms with Crippen LogP contribution in [-0.2, 0) is 0 Å². The van der Waals surface area contributed by atoms with Crippen molar-refractivity contribution in [2.24, 2.45) is 0 Å². The molecule has 0 saturated carbocycles. The lowest BCUT2D eigenvalue weighted by Gasteiger charge is -2.36. The van der Waals surface area contributed by atoms with Gasteiger partial charge < -0.3 is 9.47 Å². The third kappa shape index (κ3) is 1.66. The van der Waals surface area contributed by atoms with Gasteiger partial charge in [0.2, 0.25) is 0 Å². The van der Waals surface area contributed by atoms with E-state index >= 15 is 0 Å². The Morgan fingerprint density at radius 1 is 1.17 bits per heavy atom. The highest BCUT2D eigenvalue weighted by Crippen LogP contribution is 2.45. The molecule has 1 aliphatic rings. The molecule has 2 aromatic carbocycles. The summed E-state index contributed by atoms with van der Waals surface area (Å²) in [6.45, 7) is 3.78. The predicted octanol–water partition coefficient (Wildman–Crippen LogP) is 4.20. The lowest BCUT2D eigenvalue weighted by Crippen LogP contribution is -2.40. The molecule has 0 unspecified atom stereocenters. The van der Waals surface area contributed by atoms with E-state index in [9.17, 15) is 0 Å². The van der Waals surface area contributed by atoms with Crippen molar-refractivity contribution in [1.82, 2.24) is 0 Å². The van der Waals surface area contributed by atoms with Crippen molar-refractivity contribution in [3.63, 3.8) is 0 Å². The second kappa shape index (κ2) is 4.25. The van der Waals surface area contributed by atoms with E-state index in [1.807, 2.05) is 36.6 Å². The number of ether oxygens (including phenoxy) is 2. The van der Waals surface area contributed by atoms with E-state index in [2.05, 4.69) is 18.7 Å². The van der Waals surface area contributed by atoms with Crippen LogP contribution in [-0.4, -0.2) is 11.4 Å². The van der Waals surface area contributed by atoms with Gasteiger partial charge in [0, 0.05) is 0 Å². The van der Waals surface area contributed by atoms with E-state index in [1.54, 1.807) is 11.8 Å². The maximum atomic E-state index is 6.05. The molecule has 1 heterocycles. The van der Waals surface area contributed by atoms with Crippen LogP contribution in [0.2, 0.25) is 0 Å².